The van der Waals surface area contributed by atoms with Crippen molar-refractivity contribution in [2.24, 2.45) is 5.41 Å². The molecule has 0 aliphatic heterocycles. The van der Waals surface area contributed by atoms with Gasteiger partial charge in [0, 0.05) is 103 Å². The van der Waals surface area contributed by atoms with Crippen molar-refractivity contribution in [1.29, 1.82) is 0 Å². The molecule has 0 aromatic rings. The summed E-state index contributed by atoms with van der Waals surface area (Å²) in [6.45, 7) is -0.417. The van der Waals surface area contributed by atoms with Crippen LogP contribution in [0.4, 0.5) is 0 Å². The number of Topliss-reactive ketones (excluding diaryl/α,β-unsaturated/α-hetero) is 8. The van der Waals surface area contributed by atoms with Crippen LogP contribution in [0.25, 0.3) is 0 Å². The number of ether oxygens (including phenoxy) is 16. The molecule has 4 rings (SSSR count). The Balaban J connectivity index is 1.22. The Morgan fingerprint density at radius 1 is 0.237 bits per heavy atom. The second kappa shape index (κ2) is 45.2. The van der Waals surface area contributed by atoms with Crippen LogP contribution in [0.3, 0.4) is 0 Å². The topological polar surface area (TPSA) is 421 Å². The van der Waals surface area contributed by atoms with Crippen LogP contribution < -0.4 is 0 Å². The molecule has 0 aromatic heterocycles. The van der Waals surface area contributed by atoms with Gasteiger partial charge >= 0.3 is 47.8 Å². The number of ketones is 8. The van der Waals surface area contributed by atoms with Crippen LogP contribution in [0.1, 0.15) is 128 Å². The van der Waals surface area contributed by atoms with Crippen molar-refractivity contribution in [2.75, 3.05) is 132 Å². The van der Waals surface area contributed by atoms with Gasteiger partial charge in [0.25, 0.3) is 0 Å². The first-order valence-electron chi connectivity index (χ1n) is 31.0. The van der Waals surface area contributed by atoms with Gasteiger partial charge in [0.05, 0.1) is 111 Å². The van der Waals surface area contributed by atoms with Crippen molar-refractivity contribution >= 4 is 94.0 Å². The second-order valence-electron chi connectivity index (χ2n) is 21.7. The Morgan fingerprint density at radius 2 is 0.398 bits per heavy atom. The summed E-state index contributed by atoms with van der Waals surface area (Å²) in [5.41, 5.74) is -1.04. The molecule has 32 nitrogen and oxygen atoms in total. The standard InChI is InChI=1S/C61H84O32/c62-41-13-14-42(63)57(41)90-53(74)9-1-5-49(70)86-33-29-78-21-25-82-37-61(38-83-26-22-79-30-34-87-50(71)6-2-10-54(75)91-58-43(64)15-16-44(58)65,39-84-27-23-80-31-35-88-51(72)7-3-11-55(76)92-59-45(66)17-18-46(59)67)40-85-28-24-81-32-36-89-52(73)8-4-12-56(77)93-60-47(68)19-20-48(60)69/h57-60H,1-40H2. The van der Waals surface area contributed by atoms with Crippen molar-refractivity contribution in [2.45, 2.75) is 153 Å². The SMILES string of the molecule is O=C(CCCC(=O)OC1C(=O)CCC1=O)OCCOCCOCC(COCCOCCOC(=O)CCCC(=O)OC1C(=O)CCC1=O)(COCCOCCOC(=O)CCCC(=O)OC1C(=O)CCC1=O)COCCOCCOC(=O)CCCC(=O)OC1C(=O)CCC1=O. The molecule has 32 heteroatoms. The minimum absolute atomic E-state index is 0.0121. The van der Waals surface area contributed by atoms with Gasteiger partial charge in [-0.05, 0) is 25.7 Å². The largest absolute Gasteiger partial charge is 0.463 e. The van der Waals surface area contributed by atoms with Crippen LogP contribution in [0.15, 0.2) is 0 Å². The average Bonchev–Trinajstić information content (AvgIpc) is 2.29. The maximum Gasteiger partial charge on any atom is 0.306 e. The predicted octanol–water partition coefficient (Wildman–Crippen LogP) is 0.335. The molecule has 0 atom stereocenters. The van der Waals surface area contributed by atoms with E-state index in [1.807, 2.05) is 0 Å². The lowest BCUT2D eigenvalue weighted by molar-refractivity contribution is -0.158. The third kappa shape index (κ3) is 33.0. The monoisotopic (exact) mass is 1330 g/mol. The highest BCUT2D eigenvalue weighted by molar-refractivity contribution is 6.14. The van der Waals surface area contributed by atoms with E-state index < -0.39 is 124 Å². The van der Waals surface area contributed by atoms with Gasteiger partial charge in [-0.2, -0.15) is 0 Å². The smallest absolute Gasteiger partial charge is 0.306 e. The zero-order valence-corrected chi connectivity index (χ0v) is 52.2. The Bertz CT molecular complexity index is 2130. The molecule has 0 unspecified atom stereocenters. The van der Waals surface area contributed by atoms with Crippen molar-refractivity contribution in [3.05, 3.63) is 0 Å². The number of hydrogen-bond acceptors (Lipinski definition) is 32. The molecule has 0 N–H and O–H groups in total. The lowest BCUT2D eigenvalue weighted by atomic mass is 9.92. The summed E-state index contributed by atoms with van der Waals surface area (Å²) in [5, 5.41) is 0. The van der Waals surface area contributed by atoms with E-state index in [9.17, 15) is 76.7 Å². The van der Waals surface area contributed by atoms with E-state index in [-0.39, 0.29) is 261 Å². The summed E-state index contributed by atoms with van der Waals surface area (Å²) < 4.78 is 87.0. The van der Waals surface area contributed by atoms with Crippen molar-refractivity contribution in [3.8, 4) is 0 Å². The van der Waals surface area contributed by atoms with E-state index in [1.165, 1.54) is 0 Å². The molecule has 93 heavy (non-hydrogen) atoms. The van der Waals surface area contributed by atoms with E-state index in [2.05, 4.69) is 0 Å². The molecule has 0 radical (unpaired) electrons. The highest BCUT2D eigenvalue weighted by atomic mass is 16.6. The number of rotatable bonds is 52. The molecule has 0 aromatic carbocycles. The Morgan fingerprint density at radius 3 is 0.591 bits per heavy atom. The van der Waals surface area contributed by atoms with Gasteiger partial charge in [-0.15, -0.1) is 0 Å². The molecule has 0 heterocycles. The van der Waals surface area contributed by atoms with E-state index >= 15 is 0 Å². The number of carbonyl (C=O) groups is 16. The molecule has 0 amide bonds. The van der Waals surface area contributed by atoms with Gasteiger partial charge in [-0.3, -0.25) is 76.7 Å². The first-order valence-corrected chi connectivity index (χ1v) is 31.0. The maximum absolute atomic E-state index is 12.3. The number of carbonyl (C=O) groups excluding carboxylic acids is 16. The zero-order valence-electron chi connectivity index (χ0n) is 52.2. The maximum atomic E-state index is 12.3. The van der Waals surface area contributed by atoms with E-state index in [4.69, 9.17) is 75.8 Å². The summed E-state index contributed by atoms with van der Waals surface area (Å²) in [4.78, 5) is 191. The van der Waals surface area contributed by atoms with Crippen LogP contribution in [0.2, 0.25) is 0 Å². The normalized spacial score (nSPS) is 15.7. The fourth-order valence-corrected chi connectivity index (χ4v) is 8.98. The highest BCUT2D eigenvalue weighted by Gasteiger charge is 2.39. The minimum Gasteiger partial charge on any atom is -0.463 e. The molecular weight excluding hydrogens is 1240 g/mol. The lowest BCUT2D eigenvalue weighted by Gasteiger charge is -2.33. The third-order valence-electron chi connectivity index (χ3n) is 13.9. The Labute approximate surface area is 535 Å². The molecule has 520 valence electrons. The third-order valence-corrected chi connectivity index (χ3v) is 13.9. The van der Waals surface area contributed by atoms with Gasteiger partial charge in [-0.25, -0.2) is 0 Å². The summed E-state index contributed by atoms with van der Waals surface area (Å²) in [7, 11) is 0. The summed E-state index contributed by atoms with van der Waals surface area (Å²) in [6.07, 6.45) is -6.51. The van der Waals surface area contributed by atoms with E-state index in [0.29, 0.717) is 0 Å². The first kappa shape index (κ1) is 78.2. The molecular formula is C61H84O32. The van der Waals surface area contributed by atoms with Crippen LogP contribution in [-0.4, -0.2) is 251 Å². The zero-order chi connectivity index (χ0) is 67.6. The highest BCUT2D eigenvalue weighted by Crippen LogP contribution is 2.23. The number of hydrogen-bond donors (Lipinski definition) is 0. The molecule has 0 bridgehead atoms. The average molecular weight is 1330 g/mol. The van der Waals surface area contributed by atoms with Crippen molar-refractivity contribution < 1.29 is 153 Å². The molecule has 4 aliphatic carbocycles. The molecule has 0 spiro atoms. The molecule has 4 fully saturated rings. The van der Waals surface area contributed by atoms with Gasteiger partial charge in [-0.1, -0.05) is 0 Å². The quantitative estimate of drug-likeness (QED) is 0.0343. The van der Waals surface area contributed by atoms with Gasteiger partial charge < -0.3 is 75.8 Å². The summed E-state index contributed by atoms with van der Waals surface area (Å²) >= 11 is 0. The van der Waals surface area contributed by atoms with Crippen molar-refractivity contribution in [1.82, 2.24) is 0 Å². The fourth-order valence-electron chi connectivity index (χ4n) is 8.98. The molecule has 0 saturated heterocycles. The fraction of sp³-hybridized carbons (Fsp3) is 0.738. The summed E-state index contributed by atoms with van der Waals surface area (Å²) in [5.74, 6) is -9.24. The molecule has 4 saturated carbocycles. The number of esters is 8. The lowest BCUT2D eigenvalue weighted by Crippen LogP contribution is -2.43. The summed E-state index contributed by atoms with van der Waals surface area (Å²) in [6, 6.07) is 0. The van der Waals surface area contributed by atoms with Gasteiger partial charge in [0.2, 0.25) is 24.4 Å². The van der Waals surface area contributed by atoms with Crippen LogP contribution in [0, 0.1) is 5.41 Å². The van der Waals surface area contributed by atoms with Crippen LogP contribution in [0.5, 0.6) is 0 Å². The van der Waals surface area contributed by atoms with E-state index in [1.54, 1.807) is 0 Å². The van der Waals surface area contributed by atoms with Crippen molar-refractivity contribution in [3.63, 3.8) is 0 Å². The second-order valence-corrected chi connectivity index (χ2v) is 21.7. The van der Waals surface area contributed by atoms with Crippen LogP contribution >= 0.6 is 0 Å². The van der Waals surface area contributed by atoms with Gasteiger partial charge in [0.15, 0.2) is 46.3 Å². The Hall–Kier alpha value is -7.20. The van der Waals surface area contributed by atoms with E-state index in [0.717, 1.165) is 0 Å². The first-order chi connectivity index (χ1) is 44.7. The Kier molecular flexibility index (Phi) is 38.0. The minimum atomic E-state index is -1.39. The van der Waals surface area contributed by atoms with Crippen LogP contribution in [-0.2, 0) is 153 Å². The predicted molar refractivity (Wildman–Crippen MR) is 305 cm³/mol. The molecule has 4 aliphatic rings. The van der Waals surface area contributed by atoms with Gasteiger partial charge in [0.1, 0.15) is 26.4 Å².